The van der Waals surface area contributed by atoms with Crippen LogP contribution in [0.1, 0.15) is 68.5 Å². The van der Waals surface area contributed by atoms with Crippen molar-refractivity contribution in [3.63, 3.8) is 0 Å². The van der Waals surface area contributed by atoms with E-state index in [1.54, 1.807) is 11.6 Å². The maximum Gasteiger partial charge on any atom is 0.270 e. The summed E-state index contributed by atoms with van der Waals surface area (Å²) in [6.07, 6.45) is 4.75. The molecule has 0 unspecified atom stereocenters. The molecule has 2 aromatic heterocycles. The van der Waals surface area contributed by atoms with Gasteiger partial charge >= 0.3 is 0 Å². The summed E-state index contributed by atoms with van der Waals surface area (Å²) in [5, 5.41) is 10.9. The number of pyridine rings is 1. The predicted octanol–water partition coefficient (Wildman–Crippen LogP) is 6.62. The molecule has 0 atom stereocenters. The van der Waals surface area contributed by atoms with Crippen LogP contribution in [0.15, 0.2) is 52.2 Å². The van der Waals surface area contributed by atoms with Gasteiger partial charge in [0, 0.05) is 30.9 Å². The first-order valence-corrected chi connectivity index (χ1v) is 13.1. The number of unbranched alkanes of at least 4 members (excludes halogenated alkanes) is 1. The SMILES string of the molecule is C=C(CCCC)c1ccc2c(N3CCC(C)(c4nc5cc(C)ccc5o4)CC3)c(C#N)c(=O)n(C)c2c1. The van der Waals surface area contributed by atoms with Gasteiger partial charge < -0.3 is 13.9 Å². The van der Waals surface area contributed by atoms with Gasteiger partial charge in [0.25, 0.3) is 5.56 Å². The van der Waals surface area contributed by atoms with Crippen molar-refractivity contribution in [2.75, 3.05) is 18.0 Å². The molecule has 0 aliphatic carbocycles. The van der Waals surface area contributed by atoms with Crippen LogP contribution in [-0.2, 0) is 12.5 Å². The van der Waals surface area contributed by atoms with E-state index >= 15 is 0 Å². The second-order valence-corrected chi connectivity index (χ2v) is 10.7. The zero-order valence-electron chi connectivity index (χ0n) is 22.2. The standard InChI is InChI=1S/C31H34N4O2/c1-6-7-8-21(3)22-10-11-23-26(18-22)34(5)29(36)24(19-32)28(23)35-15-13-31(4,14-16-35)30-33-25-17-20(2)9-12-27(25)37-30/h9-12,17-18H,3,6-8,13-16H2,1-2,4-5H3. The lowest BCUT2D eigenvalue weighted by atomic mass is 9.80. The van der Waals surface area contributed by atoms with Crippen LogP contribution in [0.5, 0.6) is 0 Å². The third-order valence-corrected chi connectivity index (χ3v) is 7.96. The van der Waals surface area contributed by atoms with Gasteiger partial charge in [0.05, 0.1) is 11.2 Å². The Hall–Kier alpha value is -3.85. The molecule has 1 aliphatic heterocycles. The molecule has 2 aromatic carbocycles. The van der Waals surface area contributed by atoms with Gasteiger partial charge in [-0.1, -0.05) is 45.0 Å². The molecule has 6 nitrogen and oxygen atoms in total. The minimum absolute atomic E-state index is 0.202. The number of benzene rings is 2. The molecule has 0 spiro atoms. The number of anilines is 1. The number of hydrogen-bond acceptors (Lipinski definition) is 5. The first-order valence-electron chi connectivity index (χ1n) is 13.1. The third-order valence-electron chi connectivity index (χ3n) is 7.96. The Morgan fingerprint density at radius 2 is 1.97 bits per heavy atom. The number of oxazole rings is 1. The summed E-state index contributed by atoms with van der Waals surface area (Å²) in [6, 6.07) is 14.5. The molecule has 1 saturated heterocycles. The molecular weight excluding hydrogens is 460 g/mol. The highest BCUT2D eigenvalue weighted by Gasteiger charge is 2.37. The Kier molecular flexibility index (Phi) is 6.41. The molecule has 4 aromatic rings. The number of aryl methyl sites for hydroxylation is 2. The Balaban J connectivity index is 1.50. The minimum atomic E-state index is -0.260. The van der Waals surface area contributed by atoms with Crippen molar-refractivity contribution < 1.29 is 4.42 Å². The molecule has 0 radical (unpaired) electrons. The van der Waals surface area contributed by atoms with Crippen LogP contribution in [0.4, 0.5) is 5.69 Å². The molecule has 1 fully saturated rings. The summed E-state index contributed by atoms with van der Waals surface area (Å²) in [4.78, 5) is 20.3. The van der Waals surface area contributed by atoms with Crippen LogP contribution < -0.4 is 10.5 Å². The Bertz CT molecular complexity index is 1610. The predicted molar refractivity (Wildman–Crippen MR) is 150 cm³/mol. The van der Waals surface area contributed by atoms with E-state index in [9.17, 15) is 10.1 Å². The lowest BCUT2D eigenvalue weighted by Crippen LogP contribution is -2.42. The molecule has 1 aliphatic rings. The highest BCUT2D eigenvalue weighted by atomic mass is 16.3. The number of nitrogens with zero attached hydrogens (tertiary/aromatic N) is 4. The Morgan fingerprint density at radius 1 is 1.22 bits per heavy atom. The van der Waals surface area contributed by atoms with E-state index in [1.807, 2.05) is 24.3 Å². The maximum atomic E-state index is 13.3. The lowest BCUT2D eigenvalue weighted by Gasteiger charge is -2.39. The smallest absolute Gasteiger partial charge is 0.270 e. The van der Waals surface area contributed by atoms with E-state index < -0.39 is 0 Å². The zero-order valence-corrected chi connectivity index (χ0v) is 22.2. The number of allylic oxidation sites excluding steroid dienone is 1. The Morgan fingerprint density at radius 3 is 2.68 bits per heavy atom. The average Bonchev–Trinajstić information content (AvgIpc) is 3.34. The largest absolute Gasteiger partial charge is 0.440 e. The monoisotopic (exact) mass is 494 g/mol. The molecule has 0 amide bonds. The quantitative estimate of drug-likeness (QED) is 0.301. The highest BCUT2D eigenvalue weighted by molar-refractivity contribution is 5.96. The molecule has 37 heavy (non-hydrogen) atoms. The van der Waals surface area contributed by atoms with Crippen LogP contribution in [0.2, 0.25) is 0 Å². The summed E-state index contributed by atoms with van der Waals surface area (Å²) in [5.41, 5.74) is 6.27. The summed E-state index contributed by atoms with van der Waals surface area (Å²) in [6.45, 7) is 12.1. The normalized spacial score (nSPS) is 15.3. The topological polar surface area (TPSA) is 75.1 Å². The fourth-order valence-electron chi connectivity index (χ4n) is 5.44. The van der Waals surface area contributed by atoms with Crippen molar-refractivity contribution in [2.24, 2.45) is 7.05 Å². The van der Waals surface area contributed by atoms with Crippen molar-refractivity contribution in [3.8, 4) is 6.07 Å². The van der Waals surface area contributed by atoms with Crippen molar-refractivity contribution in [1.82, 2.24) is 9.55 Å². The third kappa shape index (κ3) is 4.33. The van der Waals surface area contributed by atoms with Gasteiger partial charge in [0.2, 0.25) is 5.89 Å². The van der Waals surface area contributed by atoms with E-state index in [0.717, 1.165) is 82.4 Å². The number of fused-ring (bicyclic) bond motifs is 2. The van der Waals surface area contributed by atoms with Gasteiger partial charge in [-0.2, -0.15) is 5.26 Å². The van der Waals surface area contributed by atoms with E-state index in [1.165, 1.54) is 0 Å². The van der Waals surface area contributed by atoms with Crippen molar-refractivity contribution in [2.45, 2.75) is 58.3 Å². The highest BCUT2D eigenvalue weighted by Crippen LogP contribution is 2.40. The van der Waals surface area contributed by atoms with Crippen molar-refractivity contribution in [1.29, 1.82) is 5.26 Å². The molecule has 3 heterocycles. The zero-order chi connectivity index (χ0) is 26.3. The summed E-state index contributed by atoms with van der Waals surface area (Å²) >= 11 is 0. The second-order valence-electron chi connectivity index (χ2n) is 10.7. The minimum Gasteiger partial charge on any atom is -0.440 e. The summed E-state index contributed by atoms with van der Waals surface area (Å²) < 4.78 is 7.78. The number of aromatic nitrogens is 2. The lowest BCUT2D eigenvalue weighted by molar-refractivity contribution is 0.292. The van der Waals surface area contributed by atoms with Crippen LogP contribution in [0.25, 0.3) is 27.6 Å². The first kappa shape index (κ1) is 24.8. The molecule has 0 bridgehead atoms. The van der Waals surface area contributed by atoms with Gasteiger partial charge in [0.15, 0.2) is 5.58 Å². The number of piperidine rings is 1. The van der Waals surface area contributed by atoms with Gasteiger partial charge in [-0.15, -0.1) is 0 Å². The maximum absolute atomic E-state index is 13.3. The van der Waals surface area contributed by atoms with Crippen LogP contribution in [0, 0.1) is 18.3 Å². The molecule has 190 valence electrons. The molecular formula is C31H34N4O2. The van der Waals surface area contributed by atoms with Crippen molar-refractivity contribution in [3.05, 3.63) is 75.9 Å². The van der Waals surface area contributed by atoms with Gasteiger partial charge in [-0.3, -0.25) is 4.79 Å². The van der Waals surface area contributed by atoms with Crippen LogP contribution >= 0.6 is 0 Å². The second kappa shape index (κ2) is 9.55. The van der Waals surface area contributed by atoms with E-state index in [2.05, 4.69) is 50.5 Å². The van der Waals surface area contributed by atoms with Crippen molar-refractivity contribution >= 4 is 33.3 Å². The number of rotatable bonds is 6. The van der Waals surface area contributed by atoms with Gasteiger partial charge in [-0.25, -0.2) is 4.98 Å². The molecule has 0 N–H and O–H groups in total. The Labute approximate surface area is 217 Å². The van der Waals surface area contributed by atoms with Gasteiger partial charge in [0.1, 0.15) is 17.1 Å². The van der Waals surface area contributed by atoms with E-state index in [0.29, 0.717) is 13.1 Å². The summed E-state index contributed by atoms with van der Waals surface area (Å²) in [5.74, 6) is 0.761. The first-order chi connectivity index (χ1) is 17.8. The molecule has 6 heteroatoms. The molecule has 0 saturated carbocycles. The fraction of sp³-hybridized carbons (Fsp3) is 0.387. The van der Waals surface area contributed by atoms with Gasteiger partial charge in [-0.05, 0) is 67.5 Å². The van der Waals surface area contributed by atoms with E-state index in [4.69, 9.17) is 9.40 Å². The number of nitriles is 1. The average molecular weight is 495 g/mol. The number of hydrogen-bond donors (Lipinski definition) is 0. The fourth-order valence-corrected chi connectivity index (χ4v) is 5.44. The van der Waals surface area contributed by atoms with Crippen LogP contribution in [0.3, 0.4) is 0 Å². The summed E-state index contributed by atoms with van der Waals surface area (Å²) in [7, 11) is 1.75. The van der Waals surface area contributed by atoms with Crippen LogP contribution in [-0.4, -0.2) is 22.6 Å². The van der Waals surface area contributed by atoms with E-state index in [-0.39, 0.29) is 16.5 Å². The molecule has 5 rings (SSSR count).